The number of hydrogen-bond acceptors (Lipinski definition) is 2. The van der Waals surface area contributed by atoms with Crippen LogP contribution < -0.4 is 0 Å². The molecule has 1 rings (SSSR count). The van der Waals surface area contributed by atoms with Crippen molar-refractivity contribution < 1.29 is 14.7 Å². The van der Waals surface area contributed by atoms with Gasteiger partial charge in [0.25, 0.3) is 0 Å². The van der Waals surface area contributed by atoms with Gasteiger partial charge in [0.1, 0.15) is 0 Å². The van der Waals surface area contributed by atoms with Gasteiger partial charge < -0.3 is 10.0 Å². The molecule has 1 amide bonds. The standard InChI is InChI=1S/C12H21NO3/c1-9-5-6-13(8-10(2)7-9)11(14)3-4-12(15)16/h9-10H,3-8H2,1-2H3,(H,15,16). The maximum atomic E-state index is 11.8. The summed E-state index contributed by atoms with van der Waals surface area (Å²) in [6, 6.07) is 0. The number of amides is 1. The van der Waals surface area contributed by atoms with E-state index in [-0.39, 0.29) is 18.7 Å². The number of hydrogen-bond donors (Lipinski definition) is 1. The van der Waals surface area contributed by atoms with Gasteiger partial charge in [-0.1, -0.05) is 13.8 Å². The lowest BCUT2D eigenvalue weighted by molar-refractivity contribution is -0.141. The molecule has 92 valence electrons. The van der Waals surface area contributed by atoms with Crippen molar-refractivity contribution in [2.75, 3.05) is 13.1 Å². The first-order chi connectivity index (χ1) is 7.49. The van der Waals surface area contributed by atoms with E-state index in [4.69, 9.17) is 5.11 Å². The summed E-state index contributed by atoms with van der Waals surface area (Å²) in [4.78, 5) is 24.0. The van der Waals surface area contributed by atoms with Gasteiger partial charge in [0.2, 0.25) is 5.91 Å². The lowest BCUT2D eigenvalue weighted by Crippen LogP contribution is -2.34. The van der Waals surface area contributed by atoms with Gasteiger partial charge in [-0.2, -0.15) is 0 Å². The smallest absolute Gasteiger partial charge is 0.303 e. The summed E-state index contributed by atoms with van der Waals surface area (Å²) in [6.07, 6.45) is 2.27. The van der Waals surface area contributed by atoms with Crippen molar-refractivity contribution in [1.29, 1.82) is 0 Å². The molecule has 0 aromatic rings. The zero-order chi connectivity index (χ0) is 12.1. The number of likely N-dealkylation sites (tertiary alicyclic amines) is 1. The van der Waals surface area contributed by atoms with E-state index < -0.39 is 5.97 Å². The Bertz CT molecular complexity index is 265. The first-order valence-corrected chi connectivity index (χ1v) is 5.98. The number of carboxylic acid groups (broad SMARTS) is 1. The quantitative estimate of drug-likeness (QED) is 0.799. The molecule has 1 heterocycles. The average Bonchev–Trinajstić information content (AvgIpc) is 2.35. The van der Waals surface area contributed by atoms with E-state index in [1.54, 1.807) is 0 Å². The van der Waals surface area contributed by atoms with E-state index in [9.17, 15) is 9.59 Å². The van der Waals surface area contributed by atoms with Gasteiger partial charge in [0.05, 0.1) is 6.42 Å². The minimum absolute atomic E-state index is 0.0108. The fourth-order valence-electron chi connectivity index (χ4n) is 2.32. The molecule has 0 bridgehead atoms. The van der Waals surface area contributed by atoms with E-state index in [1.165, 1.54) is 0 Å². The van der Waals surface area contributed by atoms with Gasteiger partial charge in [-0.05, 0) is 24.7 Å². The highest BCUT2D eigenvalue weighted by Gasteiger charge is 2.22. The molecule has 0 aliphatic carbocycles. The molecule has 1 saturated heterocycles. The molecule has 0 aromatic carbocycles. The second-order valence-electron chi connectivity index (χ2n) is 4.97. The predicted octanol–water partition coefficient (Wildman–Crippen LogP) is 1.75. The minimum atomic E-state index is -0.899. The molecule has 4 heteroatoms. The van der Waals surface area contributed by atoms with Crippen molar-refractivity contribution in [2.45, 2.75) is 39.5 Å². The van der Waals surface area contributed by atoms with Gasteiger partial charge in [-0.25, -0.2) is 0 Å². The first kappa shape index (κ1) is 13.0. The molecule has 2 unspecified atom stereocenters. The van der Waals surface area contributed by atoms with Crippen LogP contribution in [-0.4, -0.2) is 35.0 Å². The van der Waals surface area contributed by atoms with Crippen LogP contribution in [0.4, 0.5) is 0 Å². The summed E-state index contributed by atoms with van der Waals surface area (Å²) in [5.41, 5.74) is 0. The first-order valence-electron chi connectivity index (χ1n) is 5.98. The number of carbonyl (C=O) groups is 2. The molecule has 4 nitrogen and oxygen atoms in total. The summed E-state index contributed by atoms with van der Waals surface area (Å²) in [6.45, 7) is 5.92. The summed E-state index contributed by atoms with van der Waals surface area (Å²) in [5, 5.41) is 8.54. The number of carbonyl (C=O) groups excluding carboxylic acids is 1. The SMILES string of the molecule is CC1CCN(C(=O)CCC(=O)O)CC(C)C1. The summed E-state index contributed by atoms with van der Waals surface area (Å²) >= 11 is 0. The lowest BCUT2D eigenvalue weighted by atomic mass is 9.97. The van der Waals surface area contributed by atoms with Gasteiger partial charge in [0.15, 0.2) is 0 Å². The normalized spacial score (nSPS) is 26.2. The van der Waals surface area contributed by atoms with E-state index in [2.05, 4.69) is 13.8 Å². The molecule has 0 saturated carbocycles. The Morgan fingerprint density at radius 2 is 1.94 bits per heavy atom. The predicted molar refractivity (Wildman–Crippen MR) is 61.0 cm³/mol. The number of carboxylic acids is 1. The van der Waals surface area contributed by atoms with Crippen LogP contribution >= 0.6 is 0 Å². The molecule has 1 aliphatic heterocycles. The van der Waals surface area contributed by atoms with Gasteiger partial charge in [0, 0.05) is 19.5 Å². The Morgan fingerprint density at radius 3 is 2.56 bits per heavy atom. The van der Waals surface area contributed by atoms with Crippen molar-refractivity contribution in [3.8, 4) is 0 Å². The zero-order valence-electron chi connectivity index (χ0n) is 10.1. The Hall–Kier alpha value is -1.06. The molecule has 16 heavy (non-hydrogen) atoms. The van der Waals surface area contributed by atoms with Crippen LogP contribution in [-0.2, 0) is 9.59 Å². The van der Waals surface area contributed by atoms with Crippen molar-refractivity contribution in [2.24, 2.45) is 11.8 Å². The van der Waals surface area contributed by atoms with Gasteiger partial charge in [-0.15, -0.1) is 0 Å². The van der Waals surface area contributed by atoms with E-state index in [0.29, 0.717) is 11.8 Å². The lowest BCUT2D eigenvalue weighted by Gasteiger charge is -2.22. The molecule has 1 aliphatic rings. The summed E-state index contributed by atoms with van der Waals surface area (Å²) < 4.78 is 0. The summed E-state index contributed by atoms with van der Waals surface area (Å²) in [5.74, 6) is 0.270. The Kier molecular flexibility index (Phi) is 4.77. The monoisotopic (exact) mass is 227 g/mol. The molecular weight excluding hydrogens is 206 g/mol. The maximum absolute atomic E-state index is 11.8. The van der Waals surface area contributed by atoms with Crippen LogP contribution in [0, 0.1) is 11.8 Å². The van der Waals surface area contributed by atoms with E-state index >= 15 is 0 Å². The second kappa shape index (κ2) is 5.87. The highest BCUT2D eigenvalue weighted by Crippen LogP contribution is 2.21. The maximum Gasteiger partial charge on any atom is 0.303 e. The second-order valence-corrected chi connectivity index (χ2v) is 4.97. The van der Waals surface area contributed by atoms with Crippen molar-refractivity contribution in [3.05, 3.63) is 0 Å². The average molecular weight is 227 g/mol. The van der Waals surface area contributed by atoms with Crippen LogP contribution in [0.15, 0.2) is 0 Å². The molecule has 1 fully saturated rings. The van der Waals surface area contributed by atoms with Crippen LogP contribution in [0.2, 0.25) is 0 Å². The third-order valence-electron chi connectivity index (χ3n) is 3.13. The van der Waals surface area contributed by atoms with E-state index in [0.717, 1.165) is 25.9 Å². The van der Waals surface area contributed by atoms with Crippen molar-refractivity contribution >= 4 is 11.9 Å². The third-order valence-corrected chi connectivity index (χ3v) is 3.13. The number of rotatable bonds is 3. The van der Waals surface area contributed by atoms with Crippen LogP contribution in [0.1, 0.15) is 39.5 Å². The molecule has 1 N–H and O–H groups in total. The van der Waals surface area contributed by atoms with E-state index in [1.807, 2.05) is 4.90 Å². The molecule has 2 atom stereocenters. The van der Waals surface area contributed by atoms with Gasteiger partial charge in [-0.3, -0.25) is 9.59 Å². The molecule has 0 radical (unpaired) electrons. The third kappa shape index (κ3) is 4.21. The fraction of sp³-hybridized carbons (Fsp3) is 0.833. The minimum Gasteiger partial charge on any atom is -0.481 e. The van der Waals surface area contributed by atoms with Crippen LogP contribution in [0.25, 0.3) is 0 Å². The molecule has 0 spiro atoms. The Morgan fingerprint density at radius 1 is 1.25 bits per heavy atom. The fourth-order valence-corrected chi connectivity index (χ4v) is 2.32. The molecule has 0 aromatic heterocycles. The van der Waals surface area contributed by atoms with Crippen molar-refractivity contribution in [3.63, 3.8) is 0 Å². The number of aliphatic carboxylic acids is 1. The topological polar surface area (TPSA) is 57.6 Å². The largest absolute Gasteiger partial charge is 0.481 e. The zero-order valence-corrected chi connectivity index (χ0v) is 10.1. The summed E-state index contributed by atoms with van der Waals surface area (Å²) in [7, 11) is 0. The highest BCUT2D eigenvalue weighted by molar-refractivity contribution is 5.80. The van der Waals surface area contributed by atoms with Crippen LogP contribution in [0.3, 0.4) is 0 Å². The Labute approximate surface area is 96.6 Å². The Balaban J connectivity index is 2.45. The van der Waals surface area contributed by atoms with Crippen molar-refractivity contribution in [1.82, 2.24) is 4.90 Å². The van der Waals surface area contributed by atoms with Gasteiger partial charge >= 0.3 is 5.97 Å². The van der Waals surface area contributed by atoms with Crippen LogP contribution in [0.5, 0.6) is 0 Å². The number of nitrogens with zero attached hydrogens (tertiary/aromatic N) is 1. The molecular formula is C12H21NO3. The highest BCUT2D eigenvalue weighted by atomic mass is 16.4.